The highest BCUT2D eigenvalue weighted by molar-refractivity contribution is 7.92. The minimum Gasteiger partial charge on any atom is -0.379 e. The number of ketones is 2. The van der Waals surface area contributed by atoms with Crippen molar-refractivity contribution in [3.63, 3.8) is 0 Å². The number of sulfone groups is 1. The van der Waals surface area contributed by atoms with Gasteiger partial charge in [0.15, 0.2) is 21.4 Å². The first-order valence-corrected chi connectivity index (χ1v) is 13.7. The average Bonchev–Trinajstić information content (AvgIpc) is 2.90. The molecule has 5 rings (SSSR count). The van der Waals surface area contributed by atoms with Gasteiger partial charge in [0.05, 0.1) is 24.2 Å². The van der Waals surface area contributed by atoms with Crippen molar-refractivity contribution < 1.29 is 27.5 Å². The molecular formula is C26H28N2O6S. The van der Waals surface area contributed by atoms with E-state index in [1.807, 2.05) is 0 Å². The van der Waals surface area contributed by atoms with Crippen molar-refractivity contribution in [3.8, 4) is 0 Å². The summed E-state index contributed by atoms with van der Waals surface area (Å²) in [5.41, 5.74) is 1.59. The monoisotopic (exact) mass is 496 g/mol. The number of piperidine rings is 1. The molecule has 0 spiro atoms. The molecule has 9 heteroatoms. The molecule has 0 atom stereocenters. The highest BCUT2D eigenvalue weighted by Crippen LogP contribution is 2.29. The van der Waals surface area contributed by atoms with E-state index in [4.69, 9.17) is 4.74 Å². The Hall–Kier alpha value is -2.88. The number of fused-ring (bicyclic) bond motifs is 2. The molecule has 184 valence electrons. The van der Waals surface area contributed by atoms with E-state index in [2.05, 4.69) is 4.90 Å². The highest BCUT2D eigenvalue weighted by Gasteiger charge is 2.34. The van der Waals surface area contributed by atoms with Crippen molar-refractivity contribution in [1.29, 1.82) is 0 Å². The largest absolute Gasteiger partial charge is 0.379 e. The van der Waals surface area contributed by atoms with E-state index in [0.717, 1.165) is 13.1 Å². The lowest BCUT2D eigenvalue weighted by Crippen LogP contribution is -2.45. The summed E-state index contributed by atoms with van der Waals surface area (Å²) in [5.74, 6) is -0.628. The van der Waals surface area contributed by atoms with Gasteiger partial charge in [0.25, 0.3) is 5.91 Å². The van der Waals surface area contributed by atoms with Gasteiger partial charge in [-0.05, 0) is 31.0 Å². The standard InChI is InChI=1S/C26H28N2O6S/c29-24-20-3-1-2-4-21(20)25(30)23-17-18(5-6-22(23)24)26(31)28-9-7-19(8-10-28)35(32,33)16-13-27-11-14-34-15-12-27/h1-6,17,19H,7-16H2. The number of benzene rings is 2. The first-order chi connectivity index (χ1) is 16.8. The maximum atomic E-state index is 13.2. The van der Waals surface area contributed by atoms with E-state index in [9.17, 15) is 22.8 Å². The lowest BCUT2D eigenvalue weighted by molar-refractivity contribution is 0.0407. The van der Waals surface area contributed by atoms with E-state index >= 15 is 0 Å². The van der Waals surface area contributed by atoms with Crippen LogP contribution in [0, 0.1) is 0 Å². The topological polar surface area (TPSA) is 101 Å². The smallest absolute Gasteiger partial charge is 0.253 e. The molecule has 1 aliphatic carbocycles. The van der Waals surface area contributed by atoms with Crippen LogP contribution in [-0.4, -0.2) is 92.6 Å². The van der Waals surface area contributed by atoms with E-state index in [1.54, 1.807) is 41.3 Å². The van der Waals surface area contributed by atoms with Crippen molar-refractivity contribution in [3.05, 3.63) is 70.3 Å². The van der Waals surface area contributed by atoms with Crippen LogP contribution >= 0.6 is 0 Å². The summed E-state index contributed by atoms with van der Waals surface area (Å²) in [5, 5.41) is -0.452. The van der Waals surface area contributed by atoms with Gasteiger partial charge in [-0.15, -0.1) is 0 Å². The quantitative estimate of drug-likeness (QED) is 0.531. The number of amides is 1. The van der Waals surface area contributed by atoms with Gasteiger partial charge >= 0.3 is 0 Å². The lowest BCUT2D eigenvalue weighted by atomic mass is 9.83. The van der Waals surface area contributed by atoms with E-state index in [0.29, 0.717) is 67.9 Å². The number of carbonyl (C=O) groups is 3. The van der Waals surface area contributed by atoms with Crippen LogP contribution in [0.2, 0.25) is 0 Å². The number of likely N-dealkylation sites (tertiary alicyclic amines) is 1. The van der Waals surface area contributed by atoms with Crippen LogP contribution in [0.5, 0.6) is 0 Å². The third-order valence-corrected chi connectivity index (χ3v) is 9.44. The average molecular weight is 497 g/mol. The molecule has 2 aromatic carbocycles. The molecule has 0 aromatic heterocycles. The second-order valence-corrected chi connectivity index (χ2v) is 11.7. The highest BCUT2D eigenvalue weighted by atomic mass is 32.2. The minimum atomic E-state index is -3.25. The van der Waals surface area contributed by atoms with Crippen LogP contribution in [0.4, 0.5) is 0 Å². The van der Waals surface area contributed by atoms with Crippen LogP contribution in [0.3, 0.4) is 0 Å². The molecule has 8 nitrogen and oxygen atoms in total. The number of morpholine rings is 1. The molecule has 0 N–H and O–H groups in total. The number of carbonyl (C=O) groups excluding carboxylic acids is 3. The Bertz CT molecular complexity index is 1270. The molecule has 35 heavy (non-hydrogen) atoms. The zero-order valence-electron chi connectivity index (χ0n) is 19.4. The fourth-order valence-corrected chi connectivity index (χ4v) is 6.86. The minimum absolute atomic E-state index is 0.119. The number of hydrogen-bond acceptors (Lipinski definition) is 7. The molecule has 2 fully saturated rings. The van der Waals surface area contributed by atoms with Crippen molar-refractivity contribution in [1.82, 2.24) is 9.80 Å². The molecular weight excluding hydrogens is 468 g/mol. The SMILES string of the molecule is O=C1c2ccccc2C(=O)c2cc(C(=O)N3CCC(S(=O)(=O)CCN4CCOCC4)CC3)ccc21. The summed E-state index contributed by atoms with van der Waals surface area (Å²) in [4.78, 5) is 42.7. The van der Waals surface area contributed by atoms with Crippen LogP contribution < -0.4 is 0 Å². The van der Waals surface area contributed by atoms with Gasteiger partial charge < -0.3 is 9.64 Å². The Morgan fingerprint density at radius 1 is 0.857 bits per heavy atom. The molecule has 1 amide bonds. The predicted molar refractivity (Wildman–Crippen MR) is 130 cm³/mol. The second kappa shape index (κ2) is 9.64. The number of rotatable bonds is 5. The van der Waals surface area contributed by atoms with Crippen molar-refractivity contribution >= 4 is 27.3 Å². The zero-order valence-corrected chi connectivity index (χ0v) is 20.3. The Kier molecular flexibility index (Phi) is 6.57. The molecule has 0 bridgehead atoms. The maximum absolute atomic E-state index is 13.2. The Labute approximate surface area is 204 Å². The van der Waals surface area contributed by atoms with Crippen molar-refractivity contribution in [2.75, 3.05) is 51.7 Å². The summed E-state index contributed by atoms with van der Waals surface area (Å²) < 4.78 is 31.1. The van der Waals surface area contributed by atoms with Gasteiger partial charge in [0, 0.05) is 60.5 Å². The lowest BCUT2D eigenvalue weighted by Gasteiger charge is -2.33. The maximum Gasteiger partial charge on any atom is 0.253 e. The molecule has 2 aromatic rings. The molecule has 3 aliphatic rings. The first-order valence-electron chi connectivity index (χ1n) is 12.0. The van der Waals surface area contributed by atoms with Crippen molar-refractivity contribution in [2.45, 2.75) is 18.1 Å². The van der Waals surface area contributed by atoms with Crippen molar-refractivity contribution in [2.24, 2.45) is 0 Å². The molecule has 2 heterocycles. The van der Waals surface area contributed by atoms with Gasteiger partial charge in [-0.1, -0.05) is 24.3 Å². The molecule has 0 unspecified atom stereocenters. The van der Waals surface area contributed by atoms with Crippen LogP contribution in [-0.2, 0) is 14.6 Å². The third kappa shape index (κ3) is 4.68. The fraction of sp³-hybridized carbons (Fsp3) is 0.423. The Balaban J connectivity index is 1.24. The summed E-state index contributed by atoms with van der Waals surface area (Å²) >= 11 is 0. The number of ether oxygens (including phenoxy) is 1. The van der Waals surface area contributed by atoms with Gasteiger partial charge in [-0.25, -0.2) is 8.42 Å². The van der Waals surface area contributed by atoms with Crippen LogP contribution in [0.15, 0.2) is 42.5 Å². The van der Waals surface area contributed by atoms with E-state index < -0.39 is 15.1 Å². The van der Waals surface area contributed by atoms with Gasteiger partial charge in [-0.3, -0.25) is 19.3 Å². The Morgan fingerprint density at radius 3 is 2.11 bits per heavy atom. The van der Waals surface area contributed by atoms with Crippen LogP contribution in [0.1, 0.15) is 55.0 Å². The van der Waals surface area contributed by atoms with E-state index in [1.165, 1.54) is 6.07 Å². The Morgan fingerprint density at radius 2 is 1.46 bits per heavy atom. The molecule has 2 aliphatic heterocycles. The predicted octanol–water partition coefficient (Wildman–Crippen LogP) is 1.81. The van der Waals surface area contributed by atoms with E-state index in [-0.39, 0.29) is 28.8 Å². The summed E-state index contributed by atoms with van der Waals surface area (Å²) in [6, 6.07) is 11.3. The van der Waals surface area contributed by atoms with Crippen LogP contribution in [0.25, 0.3) is 0 Å². The number of hydrogen-bond donors (Lipinski definition) is 0. The second-order valence-electron chi connectivity index (χ2n) is 9.28. The molecule has 2 saturated heterocycles. The third-order valence-electron chi connectivity index (χ3n) is 7.20. The summed E-state index contributed by atoms with van der Waals surface area (Å²) in [6.07, 6.45) is 0.792. The fourth-order valence-electron chi connectivity index (χ4n) is 5.08. The first kappa shape index (κ1) is 23.8. The molecule has 0 radical (unpaired) electrons. The normalized spacial score (nSPS) is 19.4. The summed E-state index contributed by atoms with van der Waals surface area (Å²) in [7, 11) is -3.25. The van der Waals surface area contributed by atoms with Gasteiger partial charge in [0.2, 0.25) is 0 Å². The van der Waals surface area contributed by atoms with Gasteiger partial charge in [-0.2, -0.15) is 0 Å². The zero-order chi connectivity index (χ0) is 24.6. The summed E-state index contributed by atoms with van der Waals surface area (Å²) in [6.45, 7) is 3.97. The number of nitrogens with zero attached hydrogens (tertiary/aromatic N) is 2. The molecule has 0 saturated carbocycles. The van der Waals surface area contributed by atoms with Gasteiger partial charge in [0.1, 0.15) is 0 Å².